The van der Waals surface area contributed by atoms with Gasteiger partial charge >= 0.3 is 5.97 Å². The maximum atomic E-state index is 12.3. The summed E-state index contributed by atoms with van der Waals surface area (Å²) in [6.07, 6.45) is 3.55. The van der Waals surface area contributed by atoms with Gasteiger partial charge in [0.05, 0.1) is 18.4 Å². The Labute approximate surface area is 188 Å². The third-order valence-electron chi connectivity index (χ3n) is 6.02. The summed E-state index contributed by atoms with van der Waals surface area (Å²) in [4.78, 5) is 30.8. The summed E-state index contributed by atoms with van der Waals surface area (Å²) < 4.78 is 6.07. The predicted molar refractivity (Wildman–Crippen MR) is 121 cm³/mol. The molecule has 1 unspecified atom stereocenters. The highest BCUT2D eigenvalue weighted by Crippen LogP contribution is 2.21. The number of nitrogens with one attached hydrogen (secondary N) is 2. The Bertz CT molecular complexity index is 937. The van der Waals surface area contributed by atoms with Crippen LogP contribution in [0.25, 0.3) is 0 Å². The fraction of sp³-hybridized carbons (Fsp3) is 0.458. The molecule has 0 radical (unpaired) electrons. The van der Waals surface area contributed by atoms with Crippen LogP contribution in [0.2, 0.25) is 0 Å². The molecular weight excluding hydrogens is 408 g/mol. The fourth-order valence-electron chi connectivity index (χ4n) is 4.19. The number of hydrogen-bond donors (Lipinski definition) is 3. The SMILES string of the molecule is O=C(NC(CCN1CC[C@@H](OCc2ccc3c(n2)NCCC3)C1)C(=O)O)c1ccccc1. The van der Waals surface area contributed by atoms with Gasteiger partial charge in [-0.1, -0.05) is 24.3 Å². The number of anilines is 1. The van der Waals surface area contributed by atoms with Gasteiger partial charge in [0, 0.05) is 31.7 Å². The monoisotopic (exact) mass is 438 g/mol. The van der Waals surface area contributed by atoms with E-state index in [-0.39, 0.29) is 12.0 Å². The van der Waals surface area contributed by atoms with Gasteiger partial charge in [0.2, 0.25) is 0 Å². The number of pyridine rings is 1. The van der Waals surface area contributed by atoms with Gasteiger partial charge in [-0.2, -0.15) is 0 Å². The fourth-order valence-corrected chi connectivity index (χ4v) is 4.19. The van der Waals surface area contributed by atoms with Crippen molar-refractivity contribution in [3.8, 4) is 0 Å². The number of aromatic nitrogens is 1. The lowest BCUT2D eigenvalue weighted by Crippen LogP contribution is -2.43. The van der Waals surface area contributed by atoms with E-state index in [1.807, 2.05) is 12.1 Å². The highest BCUT2D eigenvalue weighted by Gasteiger charge is 2.26. The van der Waals surface area contributed by atoms with Crippen molar-refractivity contribution in [3.05, 3.63) is 59.3 Å². The highest BCUT2D eigenvalue weighted by atomic mass is 16.5. The molecule has 2 aliphatic heterocycles. The average molecular weight is 439 g/mol. The average Bonchev–Trinajstić information content (AvgIpc) is 3.28. The molecule has 1 aromatic carbocycles. The van der Waals surface area contributed by atoms with E-state index in [1.165, 1.54) is 5.56 Å². The van der Waals surface area contributed by atoms with Crippen molar-refractivity contribution in [1.82, 2.24) is 15.2 Å². The van der Waals surface area contributed by atoms with Crippen LogP contribution in [-0.2, 0) is 22.6 Å². The molecule has 8 nitrogen and oxygen atoms in total. The van der Waals surface area contributed by atoms with Crippen LogP contribution in [0.3, 0.4) is 0 Å². The van der Waals surface area contributed by atoms with Gasteiger partial charge in [0.25, 0.3) is 5.91 Å². The van der Waals surface area contributed by atoms with Crippen LogP contribution in [0.1, 0.15) is 40.9 Å². The number of carboxylic acids is 1. The molecule has 2 aliphatic rings. The lowest BCUT2D eigenvalue weighted by molar-refractivity contribution is -0.139. The van der Waals surface area contributed by atoms with E-state index in [4.69, 9.17) is 4.74 Å². The minimum absolute atomic E-state index is 0.1000. The van der Waals surface area contributed by atoms with E-state index in [0.29, 0.717) is 25.1 Å². The third-order valence-corrected chi connectivity index (χ3v) is 6.02. The number of rotatable bonds is 9. The van der Waals surface area contributed by atoms with Gasteiger partial charge < -0.3 is 25.4 Å². The van der Waals surface area contributed by atoms with E-state index in [1.54, 1.807) is 24.3 Å². The molecule has 1 amide bonds. The first-order valence-corrected chi connectivity index (χ1v) is 11.2. The number of benzene rings is 1. The summed E-state index contributed by atoms with van der Waals surface area (Å²) in [5.74, 6) is -0.413. The molecule has 1 saturated heterocycles. The molecule has 1 aromatic heterocycles. The van der Waals surface area contributed by atoms with Crippen LogP contribution >= 0.6 is 0 Å². The lowest BCUT2D eigenvalue weighted by Gasteiger charge is -2.20. The molecule has 32 heavy (non-hydrogen) atoms. The first-order chi connectivity index (χ1) is 15.6. The maximum absolute atomic E-state index is 12.3. The van der Waals surface area contributed by atoms with Crippen LogP contribution in [0, 0.1) is 0 Å². The van der Waals surface area contributed by atoms with Crippen LogP contribution in [0.15, 0.2) is 42.5 Å². The number of carbonyl (C=O) groups is 2. The molecule has 0 spiro atoms. The number of fused-ring (bicyclic) bond motifs is 1. The topological polar surface area (TPSA) is 104 Å². The lowest BCUT2D eigenvalue weighted by atomic mass is 10.1. The molecule has 0 bridgehead atoms. The van der Waals surface area contributed by atoms with E-state index in [0.717, 1.165) is 50.4 Å². The van der Waals surface area contributed by atoms with Crippen molar-refractivity contribution >= 4 is 17.7 Å². The van der Waals surface area contributed by atoms with E-state index >= 15 is 0 Å². The Kier molecular flexibility index (Phi) is 7.34. The van der Waals surface area contributed by atoms with Crippen LogP contribution in [-0.4, -0.2) is 65.2 Å². The van der Waals surface area contributed by atoms with Crippen molar-refractivity contribution in [2.24, 2.45) is 0 Å². The second-order valence-corrected chi connectivity index (χ2v) is 8.38. The van der Waals surface area contributed by atoms with Crippen LogP contribution < -0.4 is 10.6 Å². The van der Waals surface area contributed by atoms with Crippen molar-refractivity contribution < 1.29 is 19.4 Å². The number of likely N-dealkylation sites (tertiary alicyclic amines) is 1. The largest absolute Gasteiger partial charge is 0.480 e. The summed E-state index contributed by atoms with van der Waals surface area (Å²) in [5.41, 5.74) is 2.64. The number of amides is 1. The Morgan fingerprint density at radius 3 is 2.91 bits per heavy atom. The Morgan fingerprint density at radius 1 is 1.25 bits per heavy atom. The number of aliphatic carboxylic acids is 1. The van der Waals surface area contributed by atoms with Crippen LogP contribution in [0.5, 0.6) is 0 Å². The molecule has 170 valence electrons. The Balaban J connectivity index is 1.22. The molecule has 0 aliphatic carbocycles. The van der Waals surface area contributed by atoms with Crippen molar-refractivity contribution in [2.75, 3.05) is 31.5 Å². The smallest absolute Gasteiger partial charge is 0.326 e. The zero-order valence-electron chi connectivity index (χ0n) is 18.1. The summed E-state index contributed by atoms with van der Waals surface area (Å²) in [7, 11) is 0. The maximum Gasteiger partial charge on any atom is 0.326 e. The van der Waals surface area contributed by atoms with Crippen molar-refractivity contribution in [2.45, 2.75) is 44.4 Å². The molecule has 3 heterocycles. The standard InChI is InChI=1S/C24H30N4O4/c29-23(18-5-2-1-3-6-18)27-21(24(30)31)11-14-28-13-10-20(15-28)32-16-19-9-8-17-7-4-12-25-22(17)26-19/h1-3,5-6,8-9,20-21H,4,7,10-16H2,(H,25,26)(H,27,29)(H,30,31)/t20-,21?/m1/s1. The van der Waals surface area contributed by atoms with Crippen LogP contribution in [0.4, 0.5) is 5.82 Å². The van der Waals surface area contributed by atoms with Gasteiger partial charge in [-0.05, 0) is 49.4 Å². The number of ether oxygens (including phenoxy) is 1. The second kappa shape index (κ2) is 10.6. The van der Waals surface area contributed by atoms with Gasteiger partial charge in [-0.3, -0.25) is 4.79 Å². The molecule has 0 saturated carbocycles. The molecule has 2 atom stereocenters. The Morgan fingerprint density at radius 2 is 2.09 bits per heavy atom. The number of nitrogens with zero attached hydrogens (tertiary/aromatic N) is 2. The number of carboxylic acid groups (broad SMARTS) is 1. The van der Waals surface area contributed by atoms with Gasteiger partial charge in [-0.25, -0.2) is 9.78 Å². The molecule has 1 fully saturated rings. The molecule has 4 rings (SSSR count). The summed E-state index contributed by atoms with van der Waals surface area (Å²) in [6, 6.07) is 11.9. The van der Waals surface area contributed by atoms with E-state index in [2.05, 4.69) is 26.6 Å². The molecule has 3 N–H and O–H groups in total. The first-order valence-electron chi connectivity index (χ1n) is 11.2. The Hall–Kier alpha value is -2.97. The number of hydrogen-bond acceptors (Lipinski definition) is 6. The van der Waals surface area contributed by atoms with Gasteiger partial charge in [0.15, 0.2) is 0 Å². The number of carbonyl (C=O) groups excluding carboxylic acids is 1. The van der Waals surface area contributed by atoms with E-state index in [9.17, 15) is 14.7 Å². The minimum atomic E-state index is -1.02. The summed E-state index contributed by atoms with van der Waals surface area (Å²) in [5, 5.41) is 15.5. The predicted octanol–water partition coefficient (Wildman–Crippen LogP) is 2.30. The van der Waals surface area contributed by atoms with Crippen molar-refractivity contribution in [3.63, 3.8) is 0 Å². The van der Waals surface area contributed by atoms with Gasteiger partial charge in [0.1, 0.15) is 11.9 Å². The highest BCUT2D eigenvalue weighted by molar-refractivity contribution is 5.96. The second-order valence-electron chi connectivity index (χ2n) is 8.38. The summed E-state index contributed by atoms with van der Waals surface area (Å²) >= 11 is 0. The van der Waals surface area contributed by atoms with E-state index < -0.39 is 12.0 Å². The minimum Gasteiger partial charge on any atom is -0.480 e. The first kappa shape index (κ1) is 22.2. The molecule has 2 aromatic rings. The zero-order valence-corrected chi connectivity index (χ0v) is 18.1. The normalized spacial score (nSPS) is 19.1. The summed E-state index contributed by atoms with van der Waals surface area (Å²) in [6.45, 7) is 3.63. The number of aryl methyl sites for hydroxylation is 1. The quantitative estimate of drug-likeness (QED) is 0.552. The zero-order chi connectivity index (χ0) is 22.3. The molecular formula is C24H30N4O4. The van der Waals surface area contributed by atoms with Crippen molar-refractivity contribution in [1.29, 1.82) is 0 Å². The third kappa shape index (κ3) is 5.83. The van der Waals surface area contributed by atoms with Gasteiger partial charge in [-0.15, -0.1) is 0 Å². The molecule has 8 heteroatoms.